The number of ketones is 2. The molecule has 0 saturated carbocycles. The van der Waals surface area contributed by atoms with Crippen LogP contribution >= 0.6 is 0 Å². The van der Waals surface area contributed by atoms with Gasteiger partial charge in [-0.05, 0) is 18.4 Å². The summed E-state index contributed by atoms with van der Waals surface area (Å²) >= 11 is 0. The molecule has 1 heterocycles. The van der Waals surface area contributed by atoms with Crippen molar-refractivity contribution in [3.63, 3.8) is 0 Å². The van der Waals surface area contributed by atoms with Gasteiger partial charge < -0.3 is 15.4 Å². The molecule has 0 aliphatic carbocycles. The molecule has 1 saturated heterocycles. The first-order valence-electron chi connectivity index (χ1n) is 8.82. The van der Waals surface area contributed by atoms with Gasteiger partial charge in [0, 0.05) is 25.4 Å². The number of Topliss-reactive ketones (excluding diaryl/α,β-unsaturated/α-hetero) is 2. The molecule has 1 aromatic carbocycles. The Bertz CT molecular complexity index is 588. The molecular weight excluding hydrogens is 320 g/mol. The van der Waals surface area contributed by atoms with Crippen molar-refractivity contribution in [1.29, 1.82) is 0 Å². The molecule has 1 aliphatic heterocycles. The lowest BCUT2D eigenvalue weighted by Crippen LogP contribution is -2.36. The minimum Gasteiger partial charge on any atom is -0.445 e. The Morgan fingerprint density at radius 2 is 1.96 bits per heavy atom. The van der Waals surface area contributed by atoms with E-state index in [-0.39, 0.29) is 24.1 Å². The van der Waals surface area contributed by atoms with Gasteiger partial charge in [-0.1, -0.05) is 43.7 Å². The van der Waals surface area contributed by atoms with E-state index in [9.17, 15) is 14.4 Å². The summed E-state index contributed by atoms with van der Waals surface area (Å²) < 4.78 is 5.11. The molecule has 2 N–H and O–H groups in total. The number of carbonyl (C=O) groups is 3. The molecule has 6 nitrogen and oxygen atoms in total. The third kappa shape index (κ3) is 6.31. The number of amides is 1. The summed E-state index contributed by atoms with van der Waals surface area (Å²) in [5.41, 5.74) is 0.945. The number of alkyl carbamates (subject to hydrolysis) is 1. The van der Waals surface area contributed by atoms with E-state index in [1.807, 2.05) is 37.3 Å². The SMILES string of the molecule is CC1CN[C@@H](C(=O)CCCCCNC(=O)OCc2ccccc2)C1=O. The molecule has 136 valence electrons. The predicted octanol–water partition coefficient (Wildman–Crippen LogP) is 2.22. The van der Waals surface area contributed by atoms with E-state index in [0.29, 0.717) is 19.5 Å². The van der Waals surface area contributed by atoms with Crippen molar-refractivity contribution in [2.45, 2.75) is 45.3 Å². The highest BCUT2D eigenvalue weighted by Crippen LogP contribution is 2.12. The van der Waals surface area contributed by atoms with E-state index in [0.717, 1.165) is 24.8 Å². The van der Waals surface area contributed by atoms with Gasteiger partial charge >= 0.3 is 6.09 Å². The molecule has 0 bridgehead atoms. The van der Waals surface area contributed by atoms with Crippen molar-refractivity contribution >= 4 is 17.7 Å². The quantitative estimate of drug-likeness (QED) is 0.529. The summed E-state index contributed by atoms with van der Waals surface area (Å²) in [5, 5.41) is 5.67. The lowest BCUT2D eigenvalue weighted by molar-refractivity contribution is -0.129. The van der Waals surface area contributed by atoms with Crippen LogP contribution in [0.5, 0.6) is 0 Å². The van der Waals surface area contributed by atoms with Crippen LogP contribution in [0.25, 0.3) is 0 Å². The summed E-state index contributed by atoms with van der Waals surface area (Å²) in [4.78, 5) is 35.3. The van der Waals surface area contributed by atoms with Crippen molar-refractivity contribution in [2.24, 2.45) is 5.92 Å². The predicted molar refractivity (Wildman–Crippen MR) is 94.1 cm³/mol. The maximum absolute atomic E-state index is 12.0. The number of carbonyl (C=O) groups excluding carboxylic acids is 3. The Kier molecular flexibility index (Phi) is 7.60. The lowest BCUT2D eigenvalue weighted by atomic mass is 9.99. The third-order valence-corrected chi connectivity index (χ3v) is 4.30. The molecule has 1 aromatic rings. The summed E-state index contributed by atoms with van der Waals surface area (Å²) in [5.74, 6) is -0.0857. The zero-order valence-electron chi connectivity index (χ0n) is 14.6. The van der Waals surface area contributed by atoms with Crippen LogP contribution in [0.3, 0.4) is 0 Å². The first kappa shape index (κ1) is 19.1. The second-order valence-electron chi connectivity index (χ2n) is 6.41. The van der Waals surface area contributed by atoms with E-state index in [2.05, 4.69) is 10.6 Å². The molecule has 2 rings (SSSR count). The molecule has 0 spiro atoms. The zero-order valence-corrected chi connectivity index (χ0v) is 14.6. The van der Waals surface area contributed by atoms with Gasteiger partial charge in [-0.2, -0.15) is 0 Å². The van der Waals surface area contributed by atoms with Gasteiger partial charge in [-0.15, -0.1) is 0 Å². The molecule has 0 radical (unpaired) electrons. The summed E-state index contributed by atoms with van der Waals surface area (Å²) in [6.45, 7) is 3.19. The first-order chi connectivity index (χ1) is 12.1. The van der Waals surface area contributed by atoms with Gasteiger partial charge in [0.25, 0.3) is 0 Å². The minimum absolute atomic E-state index is 0.00725. The van der Waals surface area contributed by atoms with E-state index >= 15 is 0 Å². The fraction of sp³-hybridized carbons (Fsp3) is 0.526. The van der Waals surface area contributed by atoms with Crippen LogP contribution in [0.15, 0.2) is 30.3 Å². The van der Waals surface area contributed by atoms with Crippen LogP contribution in [-0.4, -0.2) is 36.8 Å². The van der Waals surface area contributed by atoms with Crippen molar-refractivity contribution in [1.82, 2.24) is 10.6 Å². The molecule has 1 unspecified atom stereocenters. The smallest absolute Gasteiger partial charge is 0.407 e. The first-order valence-corrected chi connectivity index (χ1v) is 8.82. The maximum atomic E-state index is 12.0. The number of rotatable bonds is 9. The van der Waals surface area contributed by atoms with Gasteiger partial charge in [-0.25, -0.2) is 4.79 Å². The van der Waals surface area contributed by atoms with E-state index in [4.69, 9.17) is 4.74 Å². The Morgan fingerprint density at radius 3 is 2.64 bits per heavy atom. The fourth-order valence-corrected chi connectivity index (χ4v) is 2.76. The van der Waals surface area contributed by atoms with E-state index in [1.54, 1.807) is 0 Å². The summed E-state index contributed by atoms with van der Waals surface area (Å²) in [6, 6.07) is 8.89. The van der Waals surface area contributed by atoms with Crippen molar-refractivity contribution < 1.29 is 19.1 Å². The monoisotopic (exact) mass is 346 g/mol. The zero-order chi connectivity index (χ0) is 18.1. The number of benzene rings is 1. The van der Waals surface area contributed by atoms with E-state index in [1.165, 1.54) is 0 Å². The van der Waals surface area contributed by atoms with Crippen molar-refractivity contribution in [3.05, 3.63) is 35.9 Å². The molecule has 25 heavy (non-hydrogen) atoms. The molecule has 1 fully saturated rings. The molecular formula is C19H26N2O4. The van der Waals surface area contributed by atoms with Crippen LogP contribution in [0, 0.1) is 5.92 Å². The summed E-state index contributed by atoms with van der Waals surface area (Å²) in [6.07, 6.45) is 2.28. The fourth-order valence-electron chi connectivity index (χ4n) is 2.76. The highest BCUT2D eigenvalue weighted by atomic mass is 16.5. The topological polar surface area (TPSA) is 84.5 Å². The van der Waals surface area contributed by atoms with E-state index < -0.39 is 12.1 Å². The normalized spacial score (nSPS) is 19.6. The lowest BCUT2D eigenvalue weighted by Gasteiger charge is -2.09. The van der Waals surface area contributed by atoms with Crippen LogP contribution in [0.4, 0.5) is 4.79 Å². The van der Waals surface area contributed by atoms with Crippen LogP contribution in [0.2, 0.25) is 0 Å². The number of nitrogens with one attached hydrogen (secondary N) is 2. The number of unbranched alkanes of at least 4 members (excludes halogenated alkanes) is 2. The minimum atomic E-state index is -0.610. The second-order valence-corrected chi connectivity index (χ2v) is 6.41. The molecule has 0 aromatic heterocycles. The summed E-state index contributed by atoms with van der Waals surface area (Å²) in [7, 11) is 0. The van der Waals surface area contributed by atoms with Gasteiger partial charge in [0.15, 0.2) is 11.6 Å². The average molecular weight is 346 g/mol. The van der Waals surface area contributed by atoms with Crippen LogP contribution < -0.4 is 10.6 Å². The highest BCUT2D eigenvalue weighted by molar-refractivity contribution is 6.08. The molecule has 1 amide bonds. The number of ether oxygens (including phenoxy) is 1. The largest absolute Gasteiger partial charge is 0.445 e. The average Bonchev–Trinajstić information content (AvgIpc) is 2.96. The molecule has 1 aliphatic rings. The Morgan fingerprint density at radius 1 is 1.20 bits per heavy atom. The standard InChI is InChI=1S/C19H26N2O4/c1-14-12-21-17(18(14)23)16(22)10-6-3-7-11-20-19(24)25-13-15-8-4-2-5-9-15/h2,4-5,8-9,14,17,21H,3,6-7,10-13H2,1H3,(H,20,24)/t14?,17-/m0/s1. The maximum Gasteiger partial charge on any atom is 0.407 e. The van der Waals surface area contributed by atoms with Crippen molar-refractivity contribution in [3.8, 4) is 0 Å². The third-order valence-electron chi connectivity index (χ3n) is 4.30. The number of hydrogen-bond donors (Lipinski definition) is 2. The van der Waals surface area contributed by atoms with Gasteiger partial charge in [-0.3, -0.25) is 9.59 Å². The number of hydrogen-bond acceptors (Lipinski definition) is 5. The van der Waals surface area contributed by atoms with Gasteiger partial charge in [0.1, 0.15) is 12.6 Å². The Labute approximate surface area is 148 Å². The second kappa shape index (κ2) is 9.93. The van der Waals surface area contributed by atoms with Gasteiger partial charge in [0.05, 0.1) is 0 Å². The molecule has 2 atom stereocenters. The van der Waals surface area contributed by atoms with Crippen LogP contribution in [-0.2, 0) is 20.9 Å². The Hall–Kier alpha value is -2.21. The van der Waals surface area contributed by atoms with Gasteiger partial charge in [0.2, 0.25) is 0 Å². The highest BCUT2D eigenvalue weighted by Gasteiger charge is 2.34. The Balaban J connectivity index is 1.49. The molecule has 6 heteroatoms. The van der Waals surface area contributed by atoms with Crippen LogP contribution in [0.1, 0.15) is 38.2 Å². The van der Waals surface area contributed by atoms with Crippen molar-refractivity contribution in [2.75, 3.05) is 13.1 Å².